The number of hydrogen-bond acceptors (Lipinski definition) is 6. The first-order chi connectivity index (χ1) is 15.7. The van der Waals surface area contributed by atoms with Gasteiger partial charge >= 0.3 is 24.1 Å². The van der Waals surface area contributed by atoms with Gasteiger partial charge in [0.1, 0.15) is 12.8 Å². The highest BCUT2D eigenvalue weighted by atomic mass is 19.4. The van der Waals surface area contributed by atoms with Crippen molar-refractivity contribution in [3.8, 4) is 17.1 Å². The second kappa shape index (κ2) is 8.81. The lowest BCUT2D eigenvalue weighted by molar-refractivity contribution is -0.389. The number of halogens is 3. The van der Waals surface area contributed by atoms with Crippen LogP contribution in [0.2, 0.25) is 0 Å². The molecule has 0 saturated carbocycles. The Kier molecular flexibility index (Phi) is 5.90. The molecule has 1 aromatic heterocycles. The summed E-state index contributed by atoms with van der Waals surface area (Å²) in [5.74, 6) is -0.352. The first kappa shape index (κ1) is 22.1. The van der Waals surface area contributed by atoms with Gasteiger partial charge in [0.25, 0.3) is 0 Å². The van der Waals surface area contributed by atoms with Crippen LogP contribution in [0.5, 0.6) is 6.01 Å². The van der Waals surface area contributed by atoms with E-state index in [1.165, 1.54) is 22.9 Å². The molecule has 1 N–H and O–H groups in total. The van der Waals surface area contributed by atoms with Gasteiger partial charge in [-0.25, -0.2) is 4.79 Å². The van der Waals surface area contributed by atoms with E-state index in [0.717, 1.165) is 23.3 Å². The summed E-state index contributed by atoms with van der Waals surface area (Å²) >= 11 is 0. The summed E-state index contributed by atoms with van der Waals surface area (Å²) in [6.45, 7) is 0.357. The van der Waals surface area contributed by atoms with Crippen LogP contribution in [0.1, 0.15) is 11.1 Å². The van der Waals surface area contributed by atoms with Crippen LogP contribution in [0.3, 0.4) is 0 Å². The van der Waals surface area contributed by atoms with Gasteiger partial charge in [0, 0.05) is 11.5 Å². The van der Waals surface area contributed by atoms with E-state index in [1.807, 2.05) is 0 Å². The molecule has 4 rings (SSSR count). The zero-order valence-corrected chi connectivity index (χ0v) is 16.9. The zero-order chi connectivity index (χ0) is 23.6. The molecule has 1 aliphatic heterocycles. The molecular formula is C21H17F3N4O5. The molecule has 1 amide bonds. The fourth-order valence-electron chi connectivity index (χ4n) is 3.26. The standard InChI is InChI=1S/C21H17F3N4O5/c22-21(23,24)16-7-5-15(6-8-16)14-3-1-13(2-4-14)9-25-20(29)33-17-10-27-11-18(28(30)31)26-19(27)32-12-17/h1-8,11,17H,9-10,12H2,(H,25,29)/t17-/m0/s1. The molecule has 9 nitrogen and oxygen atoms in total. The molecule has 2 heterocycles. The number of alkyl halides is 3. The van der Waals surface area contributed by atoms with Crippen LogP contribution in [0, 0.1) is 10.1 Å². The number of nitro groups is 1. The second-order valence-electron chi connectivity index (χ2n) is 7.26. The van der Waals surface area contributed by atoms with Crippen LogP contribution in [0.4, 0.5) is 23.8 Å². The van der Waals surface area contributed by atoms with E-state index in [1.54, 1.807) is 24.3 Å². The van der Waals surface area contributed by atoms with Crippen LogP contribution in [-0.4, -0.2) is 33.3 Å². The second-order valence-corrected chi connectivity index (χ2v) is 7.26. The number of nitrogens with one attached hydrogen (secondary N) is 1. The molecule has 1 aliphatic rings. The minimum absolute atomic E-state index is 0.0173. The van der Waals surface area contributed by atoms with Gasteiger partial charge in [0.2, 0.25) is 0 Å². The van der Waals surface area contributed by atoms with Crippen molar-refractivity contribution in [3.63, 3.8) is 0 Å². The van der Waals surface area contributed by atoms with Gasteiger partial charge in [-0.2, -0.15) is 13.2 Å². The largest absolute Gasteiger partial charge is 0.442 e. The number of hydrogen-bond donors (Lipinski definition) is 1. The number of rotatable bonds is 5. The monoisotopic (exact) mass is 462 g/mol. The smallest absolute Gasteiger partial charge is 0.416 e. The Bertz CT molecular complexity index is 1160. The average Bonchev–Trinajstić information content (AvgIpc) is 3.21. The number of nitrogens with zero attached hydrogens (tertiary/aromatic N) is 3. The average molecular weight is 462 g/mol. The van der Waals surface area contributed by atoms with Gasteiger partial charge < -0.3 is 24.9 Å². The third-order valence-electron chi connectivity index (χ3n) is 4.92. The Morgan fingerprint density at radius 1 is 1.18 bits per heavy atom. The van der Waals surface area contributed by atoms with Crippen molar-refractivity contribution in [1.82, 2.24) is 14.9 Å². The Morgan fingerprint density at radius 2 is 1.82 bits per heavy atom. The van der Waals surface area contributed by atoms with E-state index >= 15 is 0 Å². The highest BCUT2D eigenvalue weighted by Crippen LogP contribution is 2.31. The van der Waals surface area contributed by atoms with Crippen LogP contribution >= 0.6 is 0 Å². The van der Waals surface area contributed by atoms with Crippen LogP contribution in [0.15, 0.2) is 54.7 Å². The molecule has 0 radical (unpaired) electrons. The van der Waals surface area contributed by atoms with Crippen LogP contribution in [-0.2, 0) is 24.0 Å². The van der Waals surface area contributed by atoms with E-state index in [9.17, 15) is 28.1 Å². The summed E-state index contributed by atoms with van der Waals surface area (Å²) in [6.07, 6.45) is -4.51. The van der Waals surface area contributed by atoms with E-state index in [-0.39, 0.29) is 31.5 Å². The Hall–Kier alpha value is -4.09. The van der Waals surface area contributed by atoms with Crippen molar-refractivity contribution in [1.29, 1.82) is 0 Å². The molecule has 0 bridgehead atoms. The maximum atomic E-state index is 12.7. The quantitative estimate of drug-likeness (QED) is 0.451. The molecule has 33 heavy (non-hydrogen) atoms. The molecule has 12 heteroatoms. The molecule has 2 aromatic carbocycles. The number of alkyl carbamates (subject to hydrolysis) is 1. The molecule has 0 saturated heterocycles. The molecule has 0 aliphatic carbocycles. The third-order valence-corrected chi connectivity index (χ3v) is 4.92. The molecular weight excluding hydrogens is 445 g/mol. The van der Waals surface area contributed by atoms with Gasteiger partial charge in [-0.15, -0.1) is 0 Å². The van der Waals surface area contributed by atoms with Gasteiger partial charge in [0.15, 0.2) is 6.10 Å². The Balaban J connectivity index is 1.28. The number of fused-ring (bicyclic) bond motifs is 1. The fourth-order valence-corrected chi connectivity index (χ4v) is 3.26. The summed E-state index contributed by atoms with van der Waals surface area (Å²) in [4.78, 5) is 26.0. The van der Waals surface area contributed by atoms with E-state index in [0.29, 0.717) is 5.56 Å². The number of imidazole rings is 1. The maximum Gasteiger partial charge on any atom is 0.416 e. The number of aromatic nitrogens is 2. The number of amides is 1. The molecule has 0 fully saturated rings. The number of benzene rings is 2. The van der Waals surface area contributed by atoms with Crippen molar-refractivity contribution in [2.24, 2.45) is 0 Å². The molecule has 1 atom stereocenters. The fraction of sp³-hybridized carbons (Fsp3) is 0.238. The van der Waals surface area contributed by atoms with Crippen molar-refractivity contribution in [3.05, 3.63) is 76.0 Å². The molecule has 0 spiro atoms. The summed E-state index contributed by atoms with van der Waals surface area (Å²) < 4.78 is 50.0. The first-order valence-electron chi connectivity index (χ1n) is 9.74. The molecule has 0 unspecified atom stereocenters. The van der Waals surface area contributed by atoms with Crippen molar-refractivity contribution in [2.45, 2.75) is 25.4 Å². The van der Waals surface area contributed by atoms with Crippen molar-refractivity contribution in [2.75, 3.05) is 6.61 Å². The van der Waals surface area contributed by atoms with Gasteiger partial charge in [0.05, 0.1) is 12.1 Å². The minimum atomic E-state index is -4.38. The normalized spacial score (nSPS) is 15.3. The predicted molar refractivity (Wildman–Crippen MR) is 108 cm³/mol. The van der Waals surface area contributed by atoms with Gasteiger partial charge in [-0.3, -0.25) is 4.57 Å². The number of carbonyl (C=O) groups is 1. The first-order valence-corrected chi connectivity index (χ1v) is 9.74. The third kappa shape index (κ3) is 5.22. The summed E-state index contributed by atoms with van der Waals surface area (Å²) in [6, 6.07) is 11.9. The Labute approximate surface area is 184 Å². The van der Waals surface area contributed by atoms with Crippen LogP contribution < -0.4 is 10.1 Å². The highest BCUT2D eigenvalue weighted by Gasteiger charge is 2.30. The van der Waals surface area contributed by atoms with E-state index < -0.39 is 28.9 Å². The van der Waals surface area contributed by atoms with Gasteiger partial charge in [-0.1, -0.05) is 36.4 Å². The number of ether oxygens (including phenoxy) is 2. The number of carbonyl (C=O) groups excluding carboxylic acids is 1. The summed E-state index contributed by atoms with van der Waals surface area (Å²) in [5.41, 5.74) is 1.42. The lowest BCUT2D eigenvalue weighted by atomic mass is 10.0. The molecule has 172 valence electrons. The summed E-state index contributed by atoms with van der Waals surface area (Å²) in [7, 11) is 0. The molecule has 3 aromatic rings. The topological polar surface area (TPSA) is 109 Å². The SMILES string of the molecule is O=C(NCc1ccc(-c2ccc(C(F)(F)F)cc2)cc1)O[C@@H]1COc2nc([N+](=O)[O-])cn2C1. The van der Waals surface area contributed by atoms with E-state index in [2.05, 4.69) is 10.3 Å². The highest BCUT2D eigenvalue weighted by molar-refractivity contribution is 5.68. The zero-order valence-electron chi connectivity index (χ0n) is 16.9. The van der Waals surface area contributed by atoms with Crippen molar-refractivity contribution < 1.29 is 32.4 Å². The van der Waals surface area contributed by atoms with Gasteiger partial charge in [-0.05, 0) is 33.7 Å². The lowest BCUT2D eigenvalue weighted by Gasteiger charge is -2.22. The summed E-state index contributed by atoms with van der Waals surface area (Å²) in [5, 5.41) is 13.4. The van der Waals surface area contributed by atoms with E-state index in [4.69, 9.17) is 9.47 Å². The minimum Gasteiger partial charge on any atom is -0.442 e. The maximum absolute atomic E-state index is 12.7. The van der Waals surface area contributed by atoms with Crippen molar-refractivity contribution >= 4 is 11.9 Å². The Morgan fingerprint density at radius 3 is 2.42 bits per heavy atom. The predicted octanol–water partition coefficient (Wildman–Crippen LogP) is 4.16. The lowest BCUT2D eigenvalue weighted by Crippen LogP contribution is -2.37. The van der Waals surface area contributed by atoms with Crippen LogP contribution in [0.25, 0.3) is 11.1 Å².